The molecule has 0 fully saturated rings. The van der Waals surface area contributed by atoms with E-state index in [0.717, 1.165) is 0 Å². The Kier molecular flexibility index (Phi) is 6.49. The highest BCUT2D eigenvalue weighted by atomic mass is 35.5. The summed E-state index contributed by atoms with van der Waals surface area (Å²) in [5.41, 5.74) is 6.09. The summed E-state index contributed by atoms with van der Waals surface area (Å²) in [6.45, 7) is 6.39. The van der Waals surface area contributed by atoms with Gasteiger partial charge < -0.3 is 21.1 Å². The van der Waals surface area contributed by atoms with E-state index in [1.54, 1.807) is 25.3 Å². The topological polar surface area (TPSA) is 88.7 Å². The molecule has 1 rings (SSSR count). The highest BCUT2D eigenvalue weighted by Crippen LogP contribution is 2.26. The van der Waals surface area contributed by atoms with Gasteiger partial charge in [-0.15, -0.1) is 0 Å². The molecule has 1 aromatic carbocycles. The third-order valence-corrected chi connectivity index (χ3v) is 3.08. The van der Waals surface area contributed by atoms with Crippen LogP contribution in [0.4, 0.5) is 5.69 Å². The lowest BCUT2D eigenvalue weighted by atomic mass is 9.96. The van der Waals surface area contributed by atoms with Gasteiger partial charge in [-0.2, -0.15) is 0 Å². The number of carbonyl (C=O) groups is 1. The molecular weight excluding hydrogens is 304 g/mol. The molecule has 0 heterocycles. The monoisotopic (exact) mass is 326 g/mol. The molecule has 0 aliphatic carbocycles. The van der Waals surface area contributed by atoms with Crippen molar-refractivity contribution < 1.29 is 9.53 Å². The van der Waals surface area contributed by atoms with Crippen LogP contribution in [0.1, 0.15) is 20.8 Å². The molecule has 0 aliphatic heterocycles. The number of anilines is 1. The molecule has 0 bridgehead atoms. The number of carbonyl (C=O) groups excluding carboxylic acids is 1. The maximum Gasteiger partial charge on any atom is 0.225 e. The number of benzene rings is 1. The molecule has 0 unspecified atom stereocenters. The first-order valence-electron chi connectivity index (χ1n) is 6.93. The second-order valence-electron chi connectivity index (χ2n) is 5.75. The van der Waals surface area contributed by atoms with E-state index in [2.05, 4.69) is 15.6 Å². The normalized spacial score (nSPS) is 12.0. The van der Waals surface area contributed by atoms with E-state index in [-0.39, 0.29) is 11.9 Å². The Morgan fingerprint density at radius 1 is 1.41 bits per heavy atom. The Labute approximate surface area is 136 Å². The van der Waals surface area contributed by atoms with E-state index in [1.165, 1.54) is 0 Å². The molecule has 22 heavy (non-hydrogen) atoms. The van der Waals surface area contributed by atoms with E-state index in [4.69, 9.17) is 22.1 Å². The zero-order valence-electron chi connectivity index (χ0n) is 13.4. The van der Waals surface area contributed by atoms with Crippen molar-refractivity contribution in [1.29, 1.82) is 0 Å². The van der Waals surface area contributed by atoms with E-state index >= 15 is 0 Å². The molecule has 1 aromatic rings. The van der Waals surface area contributed by atoms with Gasteiger partial charge in [0.15, 0.2) is 5.96 Å². The van der Waals surface area contributed by atoms with Crippen molar-refractivity contribution in [2.24, 2.45) is 16.1 Å². The van der Waals surface area contributed by atoms with Crippen molar-refractivity contribution in [3.63, 3.8) is 0 Å². The number of nitrogens with zero attached hydrogens (tertiary/aromatic N) is 1. The van der Waals surface area contributed by atoms with Crippen LogP contribution < -0.4 is 21.1 Å². The first-order chi connectivity index (χ1) is 10.2. The van der Waals surface area contributed by atoms with Crippen molar-refractivity contribution in [2.45, 2.75) is 20.8 Å². The summed E-state index contributed by atoms with van der Waals surface area (Å²) in [5.74, 6) is 0.829. The summed E-state index contributed by atoms with van der Waals surface area (Å²) >= 11 is 6.02. The van der Waals surface area contributed by atoms with Crippen molar-refractivity contribution in [1.82, 2.24) is 5.32 Å². The van der Waals surface area contributed by atoms with Gasteiger partial charge >= 0.3 is 0 Å². The van der Waals surface area contributed by atoms with Crippen molar-refractivity contribution in [3.05, 3.63) is 23.2 Å². The predicted molar refractivity (Wildman–Crippen MR) is 90.6 cm³/mol. The lowest BCUT2D eigenvalue weighted by Crippen LogP contribution is -2.36. The Hall–Kier alpha value is -1.95. The number of halogens is 1. The highest BCUT2D eigenvalue weighted by molar-refractivity contribution is 6.32. The molecule has 6 nitrogen and oxygen atoms in total. The minimum absolute atomic E-state index is 0.0174. The van der Waals surface area contributed by atoms with Crippen LogP contribution in [0.3, 0.4) is 0 Å². The Bertz CT molecular complexity index is 553. The maximum atomic E-state index is 11.7. The second kappa shape index (κ2) is 7.89. The average Bonchev–Trinajstić information content (AvgIpc) is 2.42. The van der Waals surface area contributed by atoms with E-state index < -0.39 is 5.41 Å². The first-order valence-corrected chi connectivity index (χ1v) is 7.30. The molecule has 4 N–H and O–H groups in total. The van der Waals surface area contributed by atoms with Crippen LogP contribution in [0.15, 0.2) is 23.2 Å². The van der Waals surface area contributed by atoms with Gasteiger partial charge in [-0.05, 0) is 18.2 Å². The van der Waals surface area contributed by atoms with Crippen LogP contribution in [-0.4, -0.2) is 32.1 Å². The molecule has 0 saturated carbocycles. The van der Waals surface area contributed by atoms with E-state index in [0.29, 0.717) is 29.5 Å². The third-order valence-electron chi connectivity index (χ3n) is 2.78. The van der Waals surface area contributed by atoms with Crippen LogP contribution in [0.2, 0.25) is 5.02 Å². The first kappa shape index (κ1) is 18.1. The summed E-state index contributed by atoms with van der Waals surface area (Å²) < 4.78 is 5.07. The number of hydrogen-bond acceptors (Lipinski definition) is 3. The fraction of sp³-hybridized carbons (Fsp3) is 0.467. The van der Waals surface area contributed by atoms with Crippen LogP contribution in [0.25, 0.3) is 0 Å². The standard InChI is InChI=1S/C15H23ClN4O2/c1-15(2,3)13(21)18-7-8-19-14(17)20-10-5-6-12(22-4)11(16)9-10/h5-6,9H,7-8H2,1-4H3,(H,18,21)(H3,17,19,20). The van der Waals surface area contributed by atoms with Crippen molar-refractivity contribution in [3.8, 4) is 5.75 Å². The molecule has 0 spiro atoms. The van der Waals surface area contributed by atoms with Crippen molar-refractivity contribution in [2.75, 3.05) is 25.5 Å². The van der Waals surface area contributed by atoms with E-state index in [1.807, 2.05) is 20.8 Å². The number of nitrogens with two attached hydrogens (primary N) is 1. The fourth-order valence-corrected chi connectivity index (χ4v) is 1.80. The van der Waals surface area contributed by atoms with Crippen LogP contribution in [0, 0.1) is 5.41 Å². The fourth-order valence-electron chi connectivity index (χ4n) is 1.54. The zero-order chi connectivity index (χ0) is 16.8. The third kappa shape index (κ3) is 5.81. The number of rotatable bonds is 5. The number of nitrogens with one attached hydrogen (secondary N) is 2. The van der Waals surface area contributed by atoms with Gasteiger partial charge in [0.2, 0.25) is 5.91 Å². The summed E-state index contributed by atoms with van der Waals surface area (Å²) in [6.07, 6.45) is 0. The lowest BCUT2D eigenvalue weighted by Gasteiger charge is -2.17. The molecule has 0 radical (unpaired) electrons. The molecule has 0 aliphatic rings. The van der Waals surface area contributed by atoms with Gasteiger partial charge in [0.05, 0.1) is 18.7 Å². The summed E-state index contributed by atoms with van der Waals surface area (Å²) in [5, 5.41) is 6.21. The quantitative estimate of drug-likeness (QED) is 0.440. The van der Waals surface area contributed by atoms with Crippen LogP contribution in [-0.2, 0) is 4.79 Å². The van der Waals surface area contributed by atoms with Gasteiger partial charge in [-0.1, -0.05) is 32.4 Å². The lowest BCUT2D eigenvalue weighted by molar-refractivity contribution is -0.128. The van der Waals surface area contributed by atoms with Gasteiger partial charge in [-0.3, -0.25) is 9.79 Å². The second-order valence-corrected chi connectivity index (χ2v) is 6.15. The molecule has 0 atom stereocenters. The molecular formula is C15H23ClN4O2. The number of guanidine groups is 1. The summed E-state index contributed by atoms with van der Waals surface area (Å²) in [4.78, 5) is 15.8. The minimum atomic E-state index is -0.409. The maximum absolute atomic E-state index is 11.7. The van der Waals surface area contributed by atoms with E-state index in [9.17, 15) is 4.79 Å². The largest absolute Gasteiger partial charge is 0.495 e. The number of hydrogen-bond donors (Lipinski definition) is 3. The van der Waals surface area contributed by atoms with Crippen LogP contribution >= 0.6 is 11.6 Å². The number of ether oxygens (including phenoxy) is 1. The Morgan fingerprint density at radius 3 is 2.64 bits per heavy atom. The molecule has 1 amide bonds. The van der Waals surface area contributed by atoms with Gasteiger partial charge in [0.25, 0.3) is 0 Å². The minimum Gasteiger partial charge on any atom is -0.495 e. The Morgan fingerprint density at radius 2 is 2.09 bits per heavy atom. The van der Waals surface area contributed by atoms with Crippen LogP contribution in [0.5, 0.6) is 5.75 Å². The number of amides is 1. The SMILES string of the molecule is COc1ccc(NC(N)=NCCNC(=O)C(C)(C)C)cc1Cl. The predicted octanol–water partition coefficient (Wildman–Crippen LogP) is 2.24. The summed E-state index contributed by atoms with van der Waals surface area (Å²) in [7, 11) is 1.55. The highest BCUT2D eigenvalue weighted by Gasteiger charge is 2.20. The zero-order valence-corrected chi connectivity index (χ0v) is 14.1. The van der Waals surface area contributed by atoms with Crippen molar-refractivity contribution >= 4 is 29.2 Å². The van der Waals surface area contributed by atoms with Gasteiger partial charge in [-0.25, -0.2) is 0 Å². The molecule has 0 saturated heterocycles. The summed E-state index contributed by atoms with van der Waals surface area (Å²) in [6, 6.07) is 5.22. The Balaban J connectivity index is 2.46. The molecule has 7 heteroatoms. The molecule has 122 valence electrons. The molecule has 0 aromatic heterocycles. The average molecular weight is 327 g/mol. The van der Waals surface area contributed by atoms with Gasteiger partial charge in [0.1, 0.15) is 5.75 Å². The number of methoxy groups -OCH3 is 1. The number of aliphatic imine (C=N–C) groups is 1. The smallest absolute Gasteiger partial charge is 0.225 e. The van der Waals surface area contributed by atoms with Gasteiger partial charge in [0, 0.05) is 17.6 Å².